The zero-order valence-electron chi connectivity index (χ0n) is 13.3. The number of likely N-dealkylation sites (tertiary alicyclic amines) is 1. The Hall–Kier alpha value is -0.610. The molecule has 0 aliphatic carbocycles. The third-order valence-electron chi connectivity index (χ3n) is 4.50. The Labute approximate surface area is 123 Å². The van der Waals surface area contributed by atoms with Crippen molar-refractivity contribution in [1.82, 2.24) is 10.2 Å². The molecule has 0 aromatic carbocycles. The molecular formula is C16H32N2O2. The van der Waals surface area contributed by atoms with Gasteiger partial charge in [0.15, 0.2) is 0 Å². The first-order chi connectivity index (χ1) is 9.64. The van der Waals surface area contributed by atoms with E-state index in [0.29, 0.717) is 6.42 Å². The lowest BCUT2D eigenvalue weighted by molar-refractivity contribution is -0.145. The molecule has 0 amide bonds. The largest absolute Gasteiger partial charge is 0.480 e. The van der Waals surface area contributed by atoms with Crippen molar-refractivity contribution < 1.29 is 9.90 Å². The third kappa shape index (κ3) is 5.41. The van der Waals surface area contributed by atoms with Crippen LogP contribution >= 0.6 is 0 Å². The lowest BCUT2D eigenvalue weighted by atomic mass is 9.90. The molecule has 1 saturated heterocycles. The van der Waals surface area contributed by atoms with Gasteiger partial charge in [-0.15, -0.1) is 0 Å². The lowest BCUT2D eigenvalue weighted by Crippen LogP contribution is -2.52. The van der Waals surface area contributed by atoms with Gasteiger partial charge >= 0.3 is 5.97 Å². The topological polar surface area (TPSA) is 52.6 Å². The number of hydrogen-bond acceptors (Lipinski definition) is 3. The lowest BCUT2D eigenvalue weighted by Gasteiger charge is -2.30. The average molecular weight is 284 g/mol. The van der Waals surface area contributed by atoms with Gasteiger partial charge in [-0.25, -0.2) is 0 Å². The Morgan fingerprint density at radius 1 is 1.20 bits per heavy atom. The van der Waals surface area contributed by atoms with Gasteiger partial charge in [0.1, 0.15) is 5.54 Å². The maximum atomic E-state index is 11.6. The van der Waals surface area contributed by atoms with Crippen LogP contribution in [0, 0.1) is 0 Å². The Balaban J connectivity index is 2.42. The molecule has 2 N–H and O–H groups in total. The highest BCUT2D eigenvalue weighted by Gasteiger charge is 2.35. The summed E-state index contributed by atoms with van der Waals surface area (Å²) in [6.45, 7) is 8.26. The average Bonchev–Trinajstić information content (AvgIpc) is 2.71. The summed E-state index contributed by atoms with van der Waals surface area (Å²) in [6.07, 6.45) is 8.62. The minimum absolute atomic E-state index is 0.655. The van der Waals surface area contributed by atoms with Crippen LogP contribution in [-0.2, 0) is 4.79 Å². The van der Waals surface area contributed by atoms with Crippen molar-refractivity contribution in [2.45, 2.75) is 70.8 Å². The summed E-state index contributed by atoms with van der Waals surface area (Å²) < 4.78 is 0. The highest BCUT2D eigenvalue weighted by atomic mass is 16.4. The third-order valence-corrected chi connectivity index (χ3v) is 4.50. The summed E-state index contributed by atoms with van der Waals surface area (Å²) in [5, 5.41) is 12.8. The van der Waals surface area contributed by atoms with Crippen molar-refractivity contribution in [1.29, 1.82) is 0 Å². The zero-order chi connectivity index (χ0) is 14.8. The number of carbonyl (C=O) groups is 1. The summed E-state index contributed by atoms with van der Waals surface area (Å²) in [4.78, 5) is 14.1. The molecule has 1 aliphatic rings. The highest BCUT2D eigenvalue weighted by molar-refractivity contribution is 5.78. The predicted octanol–water partition coefficient (Wildman–Crippen LogP) is 2.88. The Morgan fingerprint density at radius 3 is 2.35 bits per heavy atom. The number of rotatable bonds is 9. The van der Waals surface area contributed by atoms with Crippen LogP contribution in [0.2, 0.25) is 0 Å². The molecule has 0 bridgehead atoms. The molecule has 4 nitrogen and oxygen atoms in total. The van der Waals surface area contributed by atoms with E-state index in [-0.39, 0.29) is 0 Å². The quantitative estimate of drug-likeness (QED) is 0.683. The minimum atomic E-state index is -0.720. The molecule has 4 heteroatoms. The van der Waals surface area contributed by atoms with Crippen molar-refractivity contribution >= 4 is 5.97 Å². The van der Waals surface area contributed by atoms with Crippen LogP contribution in [0.15, 0.2) is 0 Å². The van der Waals surface area contributed by atoms with Crippen LogP contribution in [0.1, 0.15) is 65.2 Å². The van der Waals surface area contributed by atoms with E-state index in [2.05, 4.69) is 17.1 Å². The fourth-order valence-corrected chi connectivity index (χ4v) is 3.05. The van der Waals surface area contributed by atoms with E-state index < -0.39 is 11.5 Å². The summed E-state index contributed by atoms with van der Waals surface area (Å²) >= 11 is 0. The first-order valence-electron chi connectivity index (χ1n) is 8.35. The van der Waals surface area contributed by atoms with Gasteiger partial charge in [0.25, 0.3) is 0 Å². The van der Waals surface area contributed by atoms with E-state index in [1.165, 1.54) is 38.8 Å². The van der Waals surface area contributed by atoms with E-state index in [4.69, 9.17) is 0 Å². The number of carboxylic acid groups (broad SMARTS) is 1. The van der Waals surface area contributed by atoms with Crippen LogP contribution in [0.3, 0.4) is 0 Å². The van der Waals surface area contributed by atoms with E-state index in [1.54, 1.807) is 0 Å². The van der Waals surface area contributed by atoms with Crippen molar-refractivity contribution in [3.63, 3.8) is 0 Å². The van der Waals surface area contributed by atoms with Gasteiger partial charge in [0.2, 0.25) is 0 Å². The van der Waals surface area contributed by atoms with Crippen molar-refractivity contribution in [2.24, 2.45) is 0 Å². The molecular weight excluding hydrogens is 252 g/mol. The second-order valence-corrected chi connectivity index (χ2v) is 6.03. The van der Waals surface area contributed by atoms with E-state index in [9.17, 15) is 9.90 Å². The number of carboxylic acids is 1. The molecule has 0 spiro atoms. The zero-order valence-corrected chi connectivity index (χ0v) is 13.3. The number of nitrogens with one attached hydrogen (secondary N) is 1. The van der Waals surface area contributed by atoms with Crippen molar-refractivity contribution in [3.8, 4) is 0 Å². The van der Waals surface area contributed by atoms with E-state index in [1.807, 2.05) is 6.92 Å². The van der Waals surface area contributed by atoms with Crippen LogP contribution in [0.25, 0.3) is 0 Å². The van der Waals surface area contributed by atoms with Crippen LogP contribution < -0.4 is 5.32 Å². The van der Waals surface area contributed by atoms with Crippen molar-refractivity contribution in [3.05, 3.63) is 0 Å². The smallest absolute Gasteiger partial charge is 0.323 e. The monoisotopic (exact) mass is 284 g/mol. The van der Waals surface area contributed by atoms with Gasteiger partial charge in [-0.2, -0.15) is 0 Å². The molecule has 0 radical (unpaired) electrons. The van der Waals surface area contributed by atoms with Gasteiger partial charge < -0.3 is 15.3 Å². The minimum Gasteiger partial charge on any atom is -0.480 e. The van der Waals surface area contributed by atoms with Crippen molar-refractivity contribution in [2.75, 3.05) is 26.2 Å². The van der Waals surface area contributed by atoms with E-state index >= 15 is 0 Å². The maximum Gasteiger partial charge on any atom is 0.323 e. The summed E-state index contributed by atoms with van der Waals surface area (Å²) in [5.74, 6) is -0.690. The van der Waals surface area contributed by atoms with Gasteiger partial charge in [0.05, 0.1) is 0 Å². The molecule has 118 valence electrons. The first kappa shape index (κ1) is 17.4. The Kier molecular flexibility index (Phi) is 8.15. The highest BCUT2D eigenvalue weighted by Crippen LogP contribution is 2.19. The normalized spacial score (nSPS) is 20.3. The molecule has 1 heterocycles. The standard InChI is InChI=1S/C16H32N2O2/c1-3-11-17-16(4-2,15(19)20)10-9-14-18-12-7-5-6-8-13-18/h17H,3-14H2,1-2H3,(H,19,20). The van der Waals surface area contributed by atoms with Gasteiger partial charge in [0, 0.05) is 0 Å². The molecule has 0 aromatic heterocycles. The fraction of sp³-hybridized carbons (Fsp3) is 0.938. The summed E-state index contributed by atoms with van der Waals surface area (Å²) in [5.41, 5.74) is -0.720. The Morgan fingerprint density at radius 2 is 1.85 bits per heavy atom. The molecule has 20 heavy (non-hydrogen) atoms. The second kappa shape index (κ2) is 9.35. The summed E-state index contributed by atoms with van der Waals surface area (Å²) in [7, 11) is 0. The number of hydrogen-bond donors (Lipinski definition) is 2. The molecule has 1 rings (SSSR count). The number of aliphatic carboxylic acids is 1. The molecule has 1 unspecified atom stereocenters. The molecule has 0 aromatic rings. The van der Waals surface area contributed by atoms with Crippen LogP contribution in [-0.4, -0.2) is 47.7 Å². The maximum absolute atomic E-state index is 11.6. The van der Waals surface area contributed by atoms with E-state index in [0.717, 1.165) is 32.4 Å². The van der Waals surface area contributed by atoms with Crippen LogP contribution in [0.5, 0.6) is 0 Å². The van der Waals surface area contributed by atoms with Gasteiger partial charge in [-0.05, 0) is 64.7 Å². The SMILES string of the molecule is CCCNC(CC)(CCCN1CCCCCC1)C(=O)O. The second-order valence-electron chi connectivity index (χ2n) is 6.03. The summed E-state index contributed by atoms with van der Waals surface area (Å²) in [6, 6.07) is 0. The molecule has 0 saturated carbocycles. The predicted molar refractivity (Wildman–Crippen MR) is 83.1 cm³/mol. The van der Waals surface area contributed by atoms with Gasteiger partial charge in [-0.3, -0.25) is 4.79 Å². The first-order valence-corrected chi connectivity index (χ1v) is 8.35. The fourth-order valence-electron chi connectivity index (χ4n) is 3.05. The van der Waals surface area contributed by atoms with Crippen LogP contribution in [0.4, 0.5) is 0 Å². The molecule has 1 atom stereocenters. The molecule has 1 aliphatic heterocycles. The Bertz CT molecular complexity index is 276. The number of nitrogens with zero attached hydrogens (tertiary/aromatic N) is 1. The van der Waals surface area contributed by atoms with Gasteiger partial charge in [-0.1, -0.05) is 26.7 Å². The molecule has 1 fully saturated rings.